The lowest BCUT2D eigenvalue weighted by molar-refractivity contribution is 0.112. The van der Waals surface area contributed by atoms with Crippen molar-refractivity contribution in [2.75, 3.05) is 19.6 Å². The SMILES string of the molecule is CC1CN(C(C)(CN)C2CC2)CC1C. The Balaban J connectivity index is 2.05. The van der Waals surface area contributed by atoms with E-state index in [2.05, 4.69) is 25.7 Å². The van der Waals surface area contributed by atoms with Gasteiger partial charge in [0, 0.05) is 25.2 Å². The molecule has 14 heavy (non-hydrogen) atoms. The lowest BCUT2D eigenvalue weighted by Gasteiger charge is -2.38. The maximum atomic E-state index is 5.98. The second-order valence-corrected chi connectivity index (χ2v) is 5.70. The number of nitrogens with two attached hydrogens (primary N) is 1. The van der Waals surface area contributed by atoms with E-state index in [9.17, 15) is 0 Å². The molecule has 0 amide bonds. The Morgan fingerprint density at radius 2 is 1.71 bits per heavy atom. The summed E-state index contributed by atoms with van der Waals surface area (Å²) in [5.74, 6) is 2.57. The molecule has 0 bridgehead atoms. The minimum atomic E-state index is 0.305. The van der Waals surface area contributed by atoms with Crippen molar-refractivity contribution in [2.45, 2.75) is 39.2 Å². The third-order valence-electron chi connectivity index (χ3n) is 4.58. The van der Waals surface area contributed by atoms with Crippen molar-refractivity contribution >= 4 is 0 Å². The van der Waals surface area contributed by atoms with Gasteiger partial charge in [-0.3, -0.25) is 4.90 Å². The largest absolute Gasteiger partial charge is 0.329 e. The average molecular weight is 196 g/mol. The van der Waals surface area contributed by atoms with Gasteiger partial charge in [0.25, 0.3) is 0 Å². The van der Waals surface area contributed by atoms with Crippen LogP contribution in [0.5, 0.6) is 0 Å². The van der Waals surface area contributed by atoms with E-state index in [4.69, 9.17) is 5.73 Å². The molecule has 2 heteroatoms. The first kappa shape index (κ1) is 10.4. The van der Waals surface area contributed by atoms with Crippen LogP contribution in [0.4, 0.5) is 0 Å². The molecule has 1 saturated heterocycles. The van der Waals surface area contributed by atoms with Gasteiger partial charge in [0.2, 0.25) is 0 Å². The Hall–Kier alpha value is -0.0800. The van der Waals surface area contributed by atoms with Crippen molar-refractivity contribution in [1.29, 1.82) is 0 Å². The molecule has 2 nitrogen and oxygen atoms in total. The maximum absolute atomic E-state index is 5.98. The molecule has 0 aromatic heterocycles. The molecule has 3 unspecified atom stereocenters. The first-order chi connectivity index (χ1) is 6.58. The van der Waals surface area contributed by atoms with E-state index in [1.54, 1.807) is 0 Å². The highest BCUT2D eigenvalue weighted by Crippen LogP contribution is 2.44. The normalized spacial score (nSPS) is 38.6. The molecule has 2 rings (SSSR count). The molecule has 1 saturated carbocycles. The van der Waals surface area contributed by atoms with Crippen LogP contribution >= 0.6 is 0 Å². The molecule has 82 valence electrons. The van der Waals surface area contributed by atoms with Gasteiger partial charge in [-0.25, -0.2) is 0 Å². The van der Waals surface area contributed by atoms with Crippen LogP contribution in [0.15, 0.2) is 0 Å². The zero-order valence-corrected chi connectivity index (χ0v) is 9.79. The van der Waals surface area contributed by atoms with Crippen molar-refractivity contribution in [3.05, 3.63) is 0 Å². The van der Waals surface area contributed by atoms with E-state index in [1.165, 1.54) is 25.9 Å². The Morgan fingerprint density at radius 3 is 2.07 bits per heavy atom. The van der Waals surface area contributed by atoms with Crippen LogP contribution in [0.2, 0.25) is 0 Å². The molecule has 1 aliphatic heterocycles. The highest BCUT2D eigenvalue weighted by molar-refractivity contribution is 5.02. The zero-order chi connectivity index (χ0) is 10.3. The lowest BCUT2D eigenvalue weighted by atomic mass is 9.94. The average Bonchev–Trinajstić information content (AvgIpc) is 2.94. The zero-order valence-electron chi connectivity index (χ0n) is 9.79. The topological polar surface area (TPSA) is 29.3 Å². The highest BCUT2D eigenvalue weighted by atomic mass is 15.2. The summed E-state index contributed by atoms with van der Waals surface area (Å²) >= 11 is 0. The maximum Gasteiger partial charge on any atom is 0.0331 e. The van der Waals surface area contributed by atoms with Crippen LogP contribution in [0.1, 0.15) is 33.6 Å². The van der Waals surface area contributed by atoms with Gasteiger partial charge < -0.3 is 5.73 Å². The molecule has 3 atom stereocenters. The van der Waals surface area contributed by atoms with E-state index >= 15 is 0 Å². The van der Waals surface area contributed by atoms with Crippen molar-refractivity contribution < 1.29 is 0 Å². The molecule has 2 fully saturated rings. The number of hydrogen-bond acceptors (Lipinski definition) is 2. The van der Waals surface area contributed by atoms with Gasteiger partial charge in [0.1, 0.15) is 0 Å². The van der Waals surface area contributed by atoms with E-state index in [0.29, 0.717) is 5.54 Å². The molecule has 1 aliphatic carbocycles. The van der Waals surface area contributed by atoms with Gasteiger partial charge in [-0.15, -0.1) is 0 Å². The lowest BCUT2D eigenvalue weighted by Crippen LogP contribution is -2.52. The molecule has 2 N–H and O–H groups in total. The van der Waals surface area contributed by atoms with Crippen molar-refractivity contribution in [2.24, 2.45) is 23.5 Å². The minimum Gasteiger partial charge on any atom is -0.329 e. The number of hydrogen-bond donors (Lipinski definition) is 1. The van der Waals surface area contributed by atoms with Crippen LogP contribution in [0.3, 0.4) is 0 Å². The summed E-state index contributed by atoms with van der Waals surface area (Å²) in [4.78, 5) is 2.65. The van der Waals surface area contributed by atoms with E-state index in [0.717, 1.165) is 24.3 Å². The summed E-state index contributed by atoms with van der Waals surface area (Å²) in [7, 11) is 0. The Kier molecular flexibility index (Phi) is 2.61. The van der Waals surface area contributed by atoms with Crippen LogP contribution in [-0.2, 0) is 0 Å². The minimum absolute atomic E-state index is 0.305. The quantitative estimate of drug-likeness (QED) is 0.744. The van der Waals surface area contributed by atoms with Gasteiger partial charge in [-0.2, -0.15) is 0 Å². The van der Waals surface area contributed by atoms with Crippen LogP contribution in [0.25, 0.3) is 0 Å². The summed E-state index contributed by atoms with van der Waals surface area (Å²) in [6.07, 6.45) is 2.79. The standard InChI is InChI=1S/C12H24N2/c1-9-6-14(7-10(9)2)12(3,8-13)11-4-5-11/h9-11H,4-8,13H2,1-3H3. The van der Waals surface area contributed by atoms with Gasteiger partial charge in [0.05, 0.1) is 0 Å². The molecule has 0 aromatic rings. The van der Waals surface area contributed by atoms with Crippen LogP contribution in [-0.4, -0.2) is 30.1 Å². The number of rotatable bonds is 3. The van der Waals surface area contributed by atoms with Gasteiger partial charge in [-0.05, 0) is 37.5 Å². The summed E-state index contributed by atoms with van der Waals surface area (Å²) in [5, 5.41) is 0. The predicted octanol–water partition coefficient (Wildman–Crippen LogP) is 1.70. The molecular weight excluding hydrogens is 172 g/mol. The van der Waals surface area contributed by atoms with Crippen LogP contribution < -0.4 is 5.73 Å². The molecule has 2 aliphatic rings. The van der Waals surface area contributed by atoms with E-state index in [1.807, 2.05) is 0 Å². The second-order valence-electron chi connectivity index (χ2n) is 5.70. The summed E-state index contributed by atoms with van der Waals surface area (Å²) in [6.45, 7) is 10.5. The molecular formula is C12H24N2. The van der Waals surface area contributed by atoms with Crippen molar-refractivity contribution in [3.63, 3.8) is 0 Å². The monoisotopic (exact) mass is 196 g/mol. The molecule has 0 radical (unpaired) electrons. The second kappa shape index (κ2) is 3.49. The fourth-order valence-electron chi connectivity index (χ4n) is 2.81. The predicted molar refractivity (Wildman–Crippen MR) is 60.1 cm³/mol. The van der Waals surface area contributed by atoms with E-state index in [-0.39, 0.29) is 0 Å². The summed E-state index contributed by atoms with van der Waals surface area (Å²) in [6, 6.07) is 0. The van der Waals surface area contributed by atoms with Gasteiger partial charge in [0.15, 0.2) is 0 Å². The van der Waals surface area contributed by atoms with E-state index < -0.39 is 0 Å². The summed E-state index contributed by atoms with van der Waals surface area (Å²) < 4.78 is 0. The third-order valence-corrected chi connectivity index (χ3v) is 4.58. The Labute approximate surface area is 87.8 Å². The highest BCUT2D eigenvalue weighted by Gasteiger charge is 2.47. The smallest absolute Gasteiger partial charge is 0.0331 e. The Bertz CT molecular complexity index is 202. The fourth-order valence-corrected chi connectivity index (χ4v) is 2.81. The Morgan fingerprint density at radius 1 is 1.21 bits per heavy atom. The third kappa shape index (κ3) is 1.59. The van der Waals surface area contributed by atoms with Gasteiger partial charge in [-0.1, -0.05) is 13.8 Å². The van der Waals surface area contributed by atoms with Crippen molar-refractivity contribution in [1.82, 2.24) is 4.90 Å². The van der Waals surface area contributed by atoms with Gasteiger partial charge >= 0.3 is 0 Å². The molecule has 0 aromatic carbocycles. The fraction of sp³-hybridized carbons (Fsp3) is 1.00. The summed E-state index contributed by atoms with van der Waals surface area (Å²) in [5.41, 5.74) is 6.28. The van der Waals surface area contributed by atoms with Crippen molar-refractivity contribution in [3.8, 4) is 0 Å². The molecule has 0 spiro atoms. The number of nitrogens with zero attached hydrogens (tertiary/aromatic N) is 1. The van der Waals surface area contributed by atoms with Crippen LogP contribution in [0, 0.1) is 17.8 Å². The number of likely N-dealkylation sites (tertiary alicyclic amines) is 1. The molecule has 1 heterocycles. The first-order valence-corrected chi connectivity index (χ1v) is 6.03. The first-order valence-electron chi connectivity index (χ1n) is 6.03.